The molecule has 146 valence electrons. The Balaban J connectivity index is 0.00000123. The Bertz CT molecular complexity index is 677. The van der Waals surface area contributed by atoms with Crippen molar-refractivity contribution in [3.05, 3.63) is 89.8 Å². The Kier molecular flexibility index (Phi) is 15.0. The summed E-state index contributed by atoms with van der Waals surface area (Å²) in [6.45, 7) is 15.2. The molecule has 1 aliphatic rings. The number of hydrogen-bond donors (Lipinski definition) is 0. The monoisotopic (exact) mass is 382 g/mol. The average molecular weight is 383 g/mol. The zero-order chi connectivity index (χ0) is 20.5. The standard InChI is InChI=1S/C20H23OP.C3H6.C2H6/c1-3-4-8-17-9-7-11-19(15-17)22-16(2)20-12-6-5-10-18(20)13-14-21;1-3-2;1-2/h3,6-7,9,11-15,22H,1,4-5,8,10H2,2H3;3H,1H2,2H3;1-2H3/b18-13-,20-16+;;. The Morgan fingerprint density at radius 2 is 1.96 bits per heavy atom. The zero-order valence-electron chi connectivity index (χ0n) is 17.4. The molecule has 2 rings (SSSR count). The van der Waals surface area contributed by atoms with Gasteiger partial charge in [-0.2, -0.15) is 0 Å². The highest BCUT2D eigenvalue weighted by Gasteiger charge is 2.10. The van der Waals surface area contributed by atoms with Gasteiger partial charge in [0.15, 0.2) is 0 Å². The summed E-state index contributed by atoms with van der Waals surface area (Å²) < 4.78 is 0. The smallest absolute Gasteiger partial charge is 0.143 e. The minimum Gasteiger partial charge on any atom is -0.299 e. The lowest BCUT2D eigenvalue weighted by Gasteiger charge is -2.16. The van der Waals surface area contributed by atoms with Gasteiger partial charge in [0.05, 0.1) is 0 Å². The van der Waals surface area contributed by atoms with Gasteiger partial charge >= 0.3 is 0 Å². The molecule has 0 radical (unpaired) electrons. The molecule has 27 heavy (non-hydrogen) atoms. The van der Waals surface area contributed by atoms with Crippen LogP contribution in [0.1, 0.15) is 52.5 Å². The van der Waals surface area contributed by atoms with E-state index >= 15 is 0 Å². The molecule has 2 heteroatoms. The molecular weight excluding hydrogens is 347 g/mol. The number of carbonyl (C=O) groups is 1. The lowest BCUT2D eigenvalue weighted by molar-refractivity contribution is -0.104. The molecule has 1 aliphatic carbocycles. The highest BCUT2D eigenvalue weighted by atomic mass is 31.1. The van der Waals surface area contributed by atoms with Gasteiger partial charge in [0.25, 0.3) is 0 Å². The van der Waals surface area contributed by atoms with Crippen molar-refractivity contribution in [1.29, 1.82) is 0 Å². The van der Waals surface area contributed by atoms with Gasteiger partial charge in [-0.05, 0) is 72.9 Å². The Labute approximate surface area is 168 Å². The van der Waals surface area contributed by atoms with Crippen molar-refractivity contribution in [3.8, 4) is 0 Å². The largest absolute Gasteiger partial charge is 0.299 e. The molecule has 1 atom stereocenters. The maximum Gasteiger partial charge on any atom is 0.143 e. The first-order chi connectivity index (χ1) is 13.2. The molecular formula is C25H35OP. The molecule has 0 N–H and O–H groups in total. The fraction of sp³-hybridized carbons (Fsp3) is 0.320. The first-order valence-corrected chi connectivity index (χ1v) is 10.7. The van der Waals surface area contributed by atoms with Crippen molar-refractivity contribution >= 4 is 20.2 Å². The van der Waals surface area contributed by atoms with Crippen LogP contribution in [-0.2, 0) is 11.2 Å². The Hall–Kier alpha value is -1.98. The predicted octanol–water partition coefficient (Wildman–Crippen LogP) is 7.08. The number of carbonyl (C=O) groups excluding carboxylic acids is 1. The fourth-order valence-electron chi connectivity index (χ4n) is 2.66. The number of allylic oxidation sites excluding steroid dienone is 8. The second-order valence-corrected chi connectivity index (χ2v) is 7.45. The second kappa shape index (κ2) is 16.2. The van der Waals surface area contributed by atoms with Gasteiger partial charge in [-0.3, -0.25) is 4.79 Å². The lowest BCUT2D eigenvalue weighted by atomic mass is 9.95. The molecule has 1 nitrogen and oxygen atoms in total. The molecule has 0 bridgehead atoms. The van der Waals surface area contributed by atoms with E-state index in [1.54, 1.807) is 12.2 Å². The number of aryl methyl sites for hydroxylation is 1. The normalized spacial score (nSPS) is 16.1. The molecule has 1 unspecified atom stereocenters. The van der Waals surface area contributed by atoms with Gasteiger partial charge in [0.1, 0.15) is 6.29 Å². The molecule has 0 saturated carbocycles. The van der Waals surface area contributed by atoms with Crippen molar-refractivity contribution in [2.45, 2.75) is 53.4 Å². The first-order valence-electron chi connectivity index (χ1n) is 9.72. The van der Waals surface area contributed by atoms with E-state index in [4.69, 9.17) is 0 Å². The van der Waals surface area contributed by atoms with Gasteiger partial charge < -0.3 is 0 Å². The summed E-state index contributed by atoms with van der Waals surface area (Å²) in [7, 11) is 0.647. The van der Waals surface area contributed by atoms with Crippen LogP contribution in [-0.4, -0.2) is 6.29 Å². The van der Waals surface area contributed by atoms with Crippen molar-refractivity contribution in [2.24, 2.45) is 0 Å². The maximum atomic E-state index is 10.8. The quantitative estimate of drug-likeness (QED) is 0.222. The zero-order valence-corrected chi connectivity index (χ0v) is 18.4. The molecule has 0 aromatic heterocycles. The van der Waals surface area contributed by atoms with Crippen LogP contribution >= 0.6 is 8.58 Å². The Morgan fingerprint density at radius 3 is 2.59 bits per heavy atom. The SMILES string of the molecule is C=CC.C=CCCc1cccc(P/C(C)=C2\C=CCC\C2=C\C=O)c1.CC. The van der Waals surface area contributed by atoms with Crippen LogP contribution in [0.2, 0.25) is 0 Å². The number of aldehydes is 1. The molecule has 0 fully saturated rings. The number of rotatable bonds is 6. The van der Waals surface area contributed by atoms with E-state index < -0.39 is 0 Å². The molecule has 0 heterocycles. The van der Waals surface area contributed by atoms with E-state index in [1.807, 2.05) is 26.8 Å². The van der Waals surface area contributed by atoms with E-state index in [0.29, 0.717) is 8.58 Å². The third kappa shape index (κ3) is 10.1. The van der Waals surface area contributed by atoms with Gasteiger partial charge in [0, 0.05) is 0 Å². The first kappa shape index (κ1) is 25.0. The van der Waals surface area contributed by atoms with Crippen molar-refractivity contribution in [2.75, 3.05) is 0 Å². The van der Waals surface area contributed by atoms with Crippen molar-refractivity contribution in [1.82, 2.24) is 0 Å². The molecule has 0 aliphatic heterocycles. The van der Waals surface area contributed by atoms with Crippen LogP contribution in [0.3, 0.4) is 0 Å². The van der Waals surface area contributed by atoms with Crippen molar-refractivity contribution in [3.63, 3.8) is 0 Å². The molecule has 0 saturated heterocycles. The summed E-state index contributed by atoms with van der Waals surface area (Å²) in [5.74, 6) is 0. The molecule has 1 aromatic carbocycles. The van der Waals surface area contributed by atoms with Crippen LogP contribution in [0.4, 0.5) is 0 Å². The van der Waals surface area contributed by atoms with E-state index in [2.05, 4.69) is 56.5 Å². The second-order valence-electron chi connectivity index (χ2n) is 5.87. The fourth-order valence-corrected chi connectivity index (χ4v) is 3.91. The average Bonchev–Trinajstić information content (AvgIpc) is 2.69. The van der Waals surface area contributed by atoms with E-state index in [1.165, 1.54) is 27.3 Å². The summed E-state index contributed by atoms with van der Waals surface area (Å²) in [5, 5.41) is 2.71. The minimum absolute atomic E-state index is 0.647. The third-order valence-corrected chi connectivity index (χ3v) is 5.02. The summed E-state index contributed by atoms with van der Waals surface area (Å²) in [6.07, 6.45) is 14.8. The van der Waals surface area contributed by atoms with Crippen molar-refractivity contribution < 1.29 is 4.79 Å². The summed E-state index contributed by atoms with van der Waals surface area (Å²) in [6, 6.07) is 8.80. The van der Waals surface area contributed by atoms with Crippen LogP contribution in [0, 0.1) is 0 Å². The lowest BCUT2D eigenvalue weighted by Crippen LogP contribution is -2.00. The summed E-state index contributed by atoms with van der Waals surface area (Å²) in [5.41, 5.74) is 3.78. The van der Waals surface area contributed by atoms with Crippen LogP contribution in [0.15, 0.2) is 84.3 Å². The highest BCUT2D eigenvalue weighted by Crippen LogP contribution is 2.34. The number of hydrogen-bond acceptors (Lipinski definition) is 1. The third-order valence-electron chi connectivity index (χ3n) is 3.78. The van der Waals surface area contributed by atoms with Crippen LogP contribution in [0.25, 0.3) is 0 Å². The Morgan fingerprint density at radius 1 is 1.26 bits per heavy atom. The van der Waals surface area contributed by atoms with Gasteiger partial charge in [-0.1, -0.05) is 71.0 Å². The van der Waals surface area contributed by atoms with Gasteiger partial charge in [0.2, 0.25) is 0 Å². The molecule has 0 spiro atoms. The van der Waals surface area contributed by atoms with E-state index in [-0.39, 0.29) is 0 Å². The van der Waals surface area contributed by atoms with E-state index in [9.17, 15) is 4.79 Å². The highest BCUT2D eigenvalue weighted by molar-refractivity contribution is 7.51. The van der Waals surface area contributed by atoms with Gasteiger partial charge in [-0.25, -0.2) is 0 Å². The molecule has 0 amide bonds. The maximum absolute atomic E-state index is 10.8. The topological polar surface area (TPSA) is 17.1 Å². The molecule has 1 aromatic rings. The minimum atomic E-state index is 0.647. The summed E-state index contributed by atoms with van der Waals surface area (Å²) >= 11 is 0. The van der Waals surface area contributed by atoms with Crippen LogP contribution < -0.4 is 5.30 Å². The van der Waals surface area contributed by atoms with E-state index in [0.717, 1.165) is 32.0 Å². The number of benzene rings is 1. The summed E-state index contributed by atoms with van der Waals surface area (Å²) in [4.78, 5) is 10.8. The predicted molar refractivity (Wildman–Crippen MR) is 125 cm³/mol. The van der Waals surface area contributed by atoms with Gasteiger partial charge in [-0.15, -0.1) is 13.2 Å². The van der Waals surface area contributed by atoms with Crippen LogP contribution in [0.5, 0.6) is 0 Å².